The van der Waals surface area contributed by atoms with Gasteiger partial charge in [0.15, 0.2) is 0 Å². The molecule has 0 fully saturated rings. The second kappa shape index (κ2) is 8.29. The Bertz CT molecular complexity index is 1130. The molecule has 0 aliphatic rings. The van der Waals surface area contributed by atoms with Crippen molar-refractivity contribution >= 4 is 20.9 Å². The molecule has 6 heteroatoms. The summed E-state index contributed by atoms with van der Waals surface area (Å²) in [5.74, 6) is 0. The maximum Gasteiger partial charge on any atom is 0.252 e. The Morgan fingerprint density at radius 3 is 2.43 bits per heavy atom. The second-order valence-corrected chi connectivity index (χ2v) is 9.11. The lowest BCUT2D eigenvalue weighted by molar-refractivity contribution is 0.397. The van der Waals surface area contributed by atoms with Gasteiger partial charge in [-0.3, -0.25) is 4.79 Å². The van der Waals surface area contributed by atoms with Gasteiger partial charge in [0.05, 0.1) is 10.4 Å². The summed E-state index contributed by atoms with van der Waals surface area (Å²) in [5.41, 5.74) is 2.97. The minimum absolute atomic E-state index is 0.0510. The Labute approximate surface area is 166 Å². The van der Waals surface area contributed by atoms with Gasteiger partial charge >= 0.3 is 0 Å². The predicted octanol–water partition coefficient (Wildman–Crippen LogP) is 4.14. The molecule has 0 radical (unpaired) electrons. The number of H-pyrrole nitrogens is 1. The molecule has 28 heavy (non-hydrogen) atoms. The van der Waals surface area contributed by atoms with Gasteiger partial charge in [-0.25, -0.2) is 8.42 Å². The van der Waals surface area contributed by atoms with E-state index >= 15 is 0 Å². The maximum absolute atomic E-state index is 13.2. The summed E-state index contributed by atoms with van der Waals surface area (Å²) in [6, 6.07) is 14.4. The van der Waals surface area contributed by atoms with Crippen LogP contribution in [0.15, 0.2) is 58.2 Å². The summed E-state index contributed by atoms with van der Waals surface area (Å²) in [7, 11) is -3.69. The molecular formula is C22H26N2O3S. The van der Waals surface area contributed by atoms with Crippen molar-refractivity contribution < 1.29 is 8.42 Å². The fourth-order valence-corrected chi connectivity index (χ4v) is 4.67. The highest BCUT2D eigenvalue weighted by atomic mass is 32.2. The van der Waals surface area contributed by atoms with Crippen molar-refractivity contribution in [3.63, 3.8) is 0 Å². The van der Waals surface area contributed by atoms with E-state index in [0.717, 1.165) is 34.9 Å². The number of aromatic nitrogens is 1. The molecular weight excluding hydrogens is 372 g/mol. The van der Waals surface area contributed by atoms with Crippen LogP contribution in [0, 0.1) is 13.8 Å². The Hall–Kier alpha value is -2.44. The number of fused-ring (bicyclic) bond motifs is 1. The van der Waals surface area contributed by atoms with Crippen molar-refractivity contribution in [3.8, 4) is 0 Å². The number of aromatic amines is 1. The van der Waals surface area contributed by atoms with Gasteiger partial charge < -0.3 is 4.98 Å². The number of hydrogen-bond donors (Lipinski definition) is 1. The lowest BCUT2D eigenvalue weighted by Gasteiger charge is -2.22. The number of sulfonamides is 1. The third-order valence-corrected chi connectivity index (χ3v) is 6.79. The van der Waals surface area contributed by atoms with Crippen molar-refractivity contribution in [1.82, 2.24) is 9.29 Å². The van der Waals surface area contributed by atoms with Crippen LogP contribution < -0.4 is 5.56 Å². The molecule has 0 aliphatic carbocycles. The first-order valence-corrected chi connectivity index (χ1v) is 11.0. The first kappa shape index (κ1) is 20.3. The van der Waals surface area contributed by atoms with Crippen LogP contribution in [0.2, 0.25) is 0 Å². The number of rotatable bonds is 7. The van der Waals surface area contributed by atoms with Gasteiger partial charge in [0, 0.05) is 18.7 Å². The van der Waals surface area contributed by atoms with Gasteiger partial charge in [-0.05, 0) is 49.4 Å². The Morgan fingerprint density at radius 2 is 1.75 bits per heavy atom. The molecule has 0 saturated heterocycles. The van der Waals surface area contributed by atoms with E-state index in [0.29, 0.717) is 12.1 Å². The summed E-state index contributed by atoms with van der Waals surface area (Å²) in [6.45, 7) is 6.30. The van der Waals surface area contributed by atoms with E-state index in [1.54, 1.807) is 30.3 Å². The third-order valence-electron chi connectivity index (χ3n) is 4.93. The molecule has 1 heterocycles. The van der Waals surface area contributed by atoms with E-state index in [1.165, 1.54) is 4.31 Å². The van der Waals surface area contributed by atoms with Crippen LogP contribution in [-0.2, 0) is 16.6 Å². The molecule has 5 nitrogen and oxygen atoms in total. The van der Waals surface area contributed by atoms with Gasteiger partial charge in [0.1, 0.15) is 0 Å². The van der Waals surface area contributed by atoms with Crippen LogP contribution in [0.1, 0.15) is 36.5 Å². The lowest BCUT2D eigenvalue weighted by atomic mass is 10.1. The topological polar surface area (TPSA) is 70.2 Å². The summed E-state index contributed by atoms with van der Waals surface area (Å²) in [5, 5.41) is 0.901. The van der Waals surface area contributed by atoms with E-state index in [2.05, 4.69) is 4.98 Å². The number of nitrogens with zero attached hydrogens (tertiary/aromatic N) is 1. The number of benzene rings is 2. The molecule has 0 spiro atoms. The van der Waals surface area contributed by atoms with E-state index < -0.39 is 10.0 Å². The zero-order valence-corrected chi connectivity index (χ0v) is 17.3. The Morgan fingerprint density at radius 1 is 1.04 bits per heavy atom. The standard InChI is InChI=1S/C22H26N2O3S/c1-4-5-13-24(28(26,27)20-11-9-16(2)10-12-20)15-19-14-18-8-6-7-17(3)21(18)23-22(19)25/h6-12,14H,4-5,13,15H2,1-3H3,(H,23,25). The van der Waals surface area contributed by atoms with Crippen molar-refractivity contribution in [3.05, 3.63) is 75.6 Å². The zero-order valence-electron chi connectivity index (χ0n) is 16.5. The highest BCUT2D eigenvalue weighted by molar-refractivity contribution is 7.89. The average molecular weight is 399 g/mol. The summed E-state index contributed by atoms with van der Waals surface area (Å²) < 4.78 is 27.8. The predicted molar refractivity (Wildman–Crippen MR) is 113 cm³/mol. The van der Waals surface area contributed by atoms with Crippen molar-refractivity contribution in [2.45, 2.75) is 45.1 Å². The minimum Gasteiger partial charge on any atom is -0.321 e. The maximum atomic E-state index is 13.2. The SMILES string of the molecule is CCCCN(Cc1cc2cccc(C)c2[nH]c1=O)S(=O)(=O)c1ccc(C)cc1. The van der Waals surface area contributed by atoms with Gasteiger partial charge in [0.2, 0.25) is 10.0 Å². The van der Waals surface area contributed by atoms with Crippen molar-refractivity contribution in [1.29, 1.82) is 0 Å². The molecule has 3 aromatic rings. The van der Waals surface area contributed by atoms with Gasteiger partial charge in [-0.1, -0.05) is 49.2 Å². The number of aryl methyl sites for hydroxylation is 2. The van der Waals surface area contributed by atoms with Gasteiger partial charge in [-0.2, -0.15) is 4.31 Å². The molecule has 3 rings (SSSR count). The van der Waals surface area contributed by atoms with Crippen molar-refractivity contribution in [2.75, 3.05) is 6.54 Å². The quantitative estimate of drug-likeness (QED) is 0.650. The van der Waals surface area contributed by atoms with E-state index in [-0.39, 0.29) is 17.0 Å². The number of para-hydroxylation sites is 1. The zero-order chi connectivity index (χ0) is 20.3. The third kappa shape index (κ3) is 4.18. The minimum atomic E-state index is -3.69. The first-order chi connectivity index (χ1) is 13.3. The van der Waals surface area contributed by atoms with Crippen LogP contribution in [0.3, 0.4) is 0 Å². The van der Waals surface area contributed by atoms with E-state index in [9.17, 15) is 13.2 Å². The van der Waals surface area contributed by atoms with Gasteiger partial charge in [0.25, 0.3) is 5.56 Å². The second-order valence-electron chi connectivity index (χ2n) is 7.17. The van der Waals surface area contributed by atoms with Crippen LogP contribution in [0.25, 0.3) is 10.9 Å². The molecule has 0 saturated carbocycles. The molecule has 1 aromatic heterocycles. The first-order valence-electron chi connectivity index (χ1n) is 9.51. The molecule has 0 aliphatic heterocycles. The smallest absolute Gasteiger partial charge is 0.252 e. The molecule has 0 atom stereocenters. The molecule has 2 aromatic carbocycles. The average Bonchev–Trinajstić information content (AvgIpc) is 2.66. The normalized spacial score (nSPS) is 12.0. The number of nitrogens with one attached hydrogen (secondary N) is 1. The molecule has 0 amide bonds. The Balaban J connectivity index is 2.01. The molecule has 0 unspecified atom stereocenters. The summed E-state index contributed by atoms with van der Waals surface area (Å²) in [4.78, 5) is 15.8. The molecule has 148 valence electrons. The van der Waals surface area contributed by atoms with Gasteiger partial charge in [-0.15, -0.1) is 0 Å². The Kier molecular flexibility index (Phi) is 6.01. The molecule has 0 bridgehead atoms. The number of hydrogen-bond acceptors (Lipinski definition) is 3. The number of unbranched alkanes of at least 4 members (excludes halogenated alkanes) is 1. The largest absolute Gasteiger partial charge is 0.321 e. The lowest BCUT2D eigenvalue weighted by Crippen LogP contribution is -2.33. The summed E-state index contributed by atoms with van der Waals surface area (Å²) in [6.07, 6.45) is 1.60. The monoisotopic (exact) mass is 398 g/mol. The fourth-order valence-electron chi connectivity index (χ4n) is 3.21. The summed E-state index contributed by atoms with van der Waals surface area (Å²) >= 11 is 0. The number of pyridine rings is 1. The van der Waals surface area contributed by atoms with Crippen LogP contribution in [-0.4, -0.2) is 24.3 Å². The fraction of sp³-hybridized carbons (Fsp3) is 0.318. The van der Waals surface area contributed by atoms with E-state index in [4.69, 9.17) is 0 Å². The highest BCUT2D eigenvalue weighted by Gasteiger charge is 2.25. The van der Waals surface area contributed by atoms with Crippen LogP contribution in [0.5, 0.6) is 0 Å². The van der Waals surface area contributed by atoms with Crippen molar-refractivity contribution in [2.24, 2.45) is 0 Å². The molecule has 1 N–H and O–H groups in total. The highest BCUT2D eigenvalue weighted by Crippen LogP contribution is 2.21. The van der Waals surface area contributed by atoms with Crippen LogP contribution in [0.4, 0.5) is 0 Å². The van der Waals surface area contributed by atoms with Crippen LogP contribution >= 0.6 is 0 Å². The van der Waals surface area contributed by atoms with E-state index in [1.807, 2.05) is 39.0 Å².